The maximum absolute atomic E-state index is 9.86. The van der Waals surface area contributed by atoms with Gasteiger partial charge in [-0.05, 0) is 54.5 Å². The summed E-state index contributed by atoms with van der Waals surface area (Å²) in [4.78, 5) is 0. The third kappa shape index (κ3) is 2.39. The zero-order valence-corrected chi connectivity index (χ0v) is 12.9. The van der Waals surface area contributed by atoms with E-state index in [1.54, 1.807) is 0 Å². The van der Waals surface area contributed by atoms with Crippen molar-refractivity contribution in [2.45, 2.75) is 31.1 Å². The van der Waals surface area contributed by atoms with Gasteiger partial charge in [-0.15, -0.1) is 0 Å². The predicted octanol–water partition coefficient (Wildman–Crippen LogP) is 4.79. The van der Waals surface area contributed by atoms with E-state index in [0.29, 0.717) is 0 Å². The van der Waals surface area contributed by atoms with Crippen LogP contribution < -0.4 is 0 Å². The van der Waals surface area contributed by atoms with Crippen molar-refractivity contribution in [3.8, 4) is 6.07 Å². The van der Waals surface area contributed by atoms with E-state index in [-0.39, 0.29) is 5.41 Å². The van der Waals surface area contributed by atoms with Gasteiger partial charge in [0.1, 0.15) is 0 Å². The van der Waals surface area contributed by atoms with E-state index < -0.39 is 0 Å². The van der Waals surface area contributed by atoms with Crippen LogP contribution in [0.2, 0.25) is 0 Å². The molecule has 2 aromatic carbocycles. The Morgan fingerprint density at radius 1 is 1.15 bits per heavy atom. The maximum atomic E-state index is 9.86. The highest BCUT2D eigenvalue weighted by atomic mass is 79.9. The molecule has 0 bridgehead atoms. The van der Waals surface area contributed by atoms with E-state index in [0.717, 1.165) is 30.2 Å². The molecular weight excluding hydrogens is 310 g/mol. The smallest absolute Gasteiger partial charge is 0.0865 e. The van der Waals surface area contributed by atoms with Gasteiger partial charge in [-0.1, -0.05) is 52.3 Å². The van der Waals surface area contributed by atoms with Crippen molar-refractivity contribution < 1.29 is 0 Å². The highest BCUT2D eigenvalue weighted by Crippen LogP contribution is 2.39. The van der Waals surface area contributed by atoms with Crippen molar-refractivity contribution >= 4 is 15.9 Å². The van der Waals surface area contributed by atoms with Gasteiger partial charge in [-0.3, -0.25) is 0 Å². The van der Waals surface area contributed by atoms with Crippen molar-refractivity contribution in [1.82, 2.24) is 0 Å². The average Bonchev–Trinajstić information content (AvgIpc) is 2.47. The molecule has 1 aliphatic rings. The van der Waals surface area contributed by atoms with Crippen LogP contribution in [0.3, 0.4) is 0 Å². The van der Waals surface area contributed by atoms with E-state index in [1.165, 1.54) is 16.7 Å². The Kier molecular flexibility index (Phi) is 3.63. The highest BCUT2D eigenvalue weighted by Gasteiger charge is 2.36. The van der Waals surface area contributed by atoms with Crippen LogP contribution in [0.15, 0.2) is 53.0 Å². The van der Waals surface area contributed by atoms with Crippen molar-refractivity contribution in [3.05, 3.63) is 69.7 Å². The van der Waals surface area contributed by atoms with Crippen LogP contribution in [0.1, 0.15) is 29.5 Å². The molecule has 1 unspecified atom stereocenters. The van der Waals surface area contributed by atoms with Crippen LogP contribution in [-0.2, 0) is 18.3 Å². The van der Waals surface area contributed by atoms with Gasteiger partial charge in [0.25, 0.3) is 0 Å². The molecule has 0 spiro atoms. The van der Waals surface area contributed by atoms with Crippen molar-refractivity contribution in [2.75, 3.05) is 0 Å². The third-order valence-electron chi connectivity index (χ3n) is 4.19. The number of aryl methyl sites for hydroxylation is 1. The quantitative estimate of drug-likeness (QED) is 0.778. The molecule has 0 saturated carbocycles. The zero-order valence-electron chi connectivity index (χ0n) is 11.3. The van der Waals surface area contributed by atoms with Gasteiger partial charge in [-0.2, -0.15) is 5.26 Å². The molecule has 100 valence electrons. The second kappa shape index (κ2) is 5.42. The molecule has 0 amide bonds. The lowest BCUT2D eigenvalue weighted by Crippen LogP contribution is -2.31. The molecule has 0 saturated heterocycles. The van der Waals surface area contributed by atoms with Crippen LogP contribution in [0.5, 0.6) is 0 Å². The largest absolute Gasteiger partial charge is 0.197 e. The minimum Gasteiger partial charge on any atom is -0.197 e. The Morgan fingerprint density at radius 2 is 2.00 bits per heavy atom. The number of nitriles is 1. The molecule has 1 atom stereocenters. The predicted molar refractivity (Wildman–Crippen MR) is 84.5 cm³/mol. The van der Waals surface area contributed by atoms with Crippen LogP contribution >= 0.6 is 15.9 Å². The first-order valence-electron chi connectivity index (χ1n) is 6.98. The van der Waals surface area contributed by atoms with Crippen LogP contribution in [-0.4, -0.2) is 0 Å². The van der Waals surface area contributed by atoms with E-state index in [9.17, 15) is 5.26 Å². The second-order valence-electron chi connectivity index (χ2n) is 5.51. The first-order valence-corrected chi connectivity index (χ1v) is 7.77. The molecule has 0 heterocycles. The summed E-state index contributed by atoms with van der Waals surface area (Å²) in [5.74, 6) is 0. The molecular formula is C18H16BrN. The molecule has 0 radical (unpaired) electrons. The zero-order chi connectivity index (χ0) is 14.0. The standard InChI is InChI=1S/C18H16BrN/c19-16-8-3-5-14(11-16)12-18(13-20)10-4-7-15-6-1-2-9-17(15)18/h1-3,5-6,8-9,11H,4,7,10,12H2. The minimum atomic E-state index is -0.365. The first kappa shape index (κ1) is 13.4. The summed E-state index contributed by atoms with van der Waals surface area (Å²) in [6.07, 6.45) is 3.93. The molecule has 0 N–H and O–H groups in total. The highest BCUT2D eigenvalue weighted by molar-refractivity contribution is 9.10. The van der Waals surface area contributed by atoms with E-state index >= 15 is 0 Å². The summed E-state index contributed by atoms with van der Waals surface area (Å²) in [7, 11) is 0. The van der Waals surface area contributed by atoms with Gasteiger partial charge >= 0.3 is 0 Å². The number of benzene rings is 2. The third-order valence-corrected chi connectivity index (χ3v) is 4.68. The molecule has 1 aliphatic carbocycles. The van der Waals surface area contributed by atoms with Gasteiger partial charge in [-0.25, -0.2) is 0 Å². The van der Waals surface area contributed by atoms with Gasteiger partial charge in [0.05, 0.1) is 11.5 Å². The van der Waals surface area contributed by atoms with E-state index in [1.807, 2.05) is 12.1 Å². The normalized spacial score (nSPS) is 21.0. The Morgan fingerprint density at radius 3 is 2.80 bits per heavy atom. The van der Waals surface area contributed by atoms with Gasteiger partial charge in [0.2, 0.25) is 0 Å². The monoisotopic (exact) mass is 325 g/mol. The van der Waals surface area contributed by atoms with Gasteiger partial charge < -0.3 is 0 Å². The lowest BCUT2D eigenvalue weighted by Gasteiger charge is -2.33. The van der Waals surface area contributed by atoms with Gasteiger partial charge in [0.15, 0.2) is 0 Å². The summed E-state index contributed by atoms with van der Waals surface area (Å²) >= 11 is 3.52. The molecule has 20 heavy (non-hydrogen) atoms. The SMILES string of the molecule is N#CC1(Cc2cccc(Br)c2)CCCc2ccccc21. The summed E-state index contributed by atoms with van der Waals surface area (Å²) in [6, 6.07) is 19.4. The Labute approximate surface area is 128 Å². The average molecular weight is 326 g/mol. The van der Waals surface area contributed by atoms with Crippen molar-refractivity contribution in [2.24, 2.45) is 0 Å². The maximum Gasteiger partial charge on any atom is 0.0865 e. The van der Waals surface area contributed by atoms with Crippen molar-refractivity contribution in [3.63, 3.8) is 0 Å². The lowest BCUT2D eigenvalue weighted by molar-refractivity contribution is 0.450. The molecule has 2 heteroatoms. The van der Waals surface area contributed by atoms with Gasteiger partial charge in [0, 0.05) is 4.47 Å². The Bertz CT molecular complexity index is 671. The lowest BCUT2D eigenvalue weighted by atomic mass is 9.68. The molecule has 0 fully saturated rings. The number of fused-ring (bicyclic) bond motifs is 1. The van der Waals surface area contributed by atoms with Crippen LogP contribution in [0.4, 0.5) is 0 Å². The van der Waals surface area contributed by atoms with E-state index in [2.05, 4.69) is 58.4 Å². The number of hydrogen-bond acceptors (Lipinski definition) is 1. The molecule has 2 aromatic rings. The van der Waals surface area contributed by atoms with E-state index in [4.69, 9.17) is 0 Å². The molecule has 3 rings (SSSR count). The number of nitrogens with zero attached hydrogens (tertiary/aromatic N) is 1. The Hall–Kier alpha value is -1.59. The van der Waals surface area contributed by atoms with Crippen LogP contribution in [0.25, 0.3) is 0 Å². The number of halogens is 1. The summed E-state index contributed by atoms with van der Waals surface area (Å²) < 4.78 is 1.08. The minimum absolute atomic E-state index is 0.365. The topological polar surface area (TPSA) is 23.8 Å². The fraction of sp³-hybridized carbons (Fsp3) is 0.278. The summed E-state index contributed by atoms with van der Waals surface area (Å²) in [5, 5.41) is 9.86. The number of rotatable bonds is 2. The molecule has 1 nitrogen and oxygen atoms in total. The Balaban J connectivity index is 2.03. The summed E-state index contributed by atoms with van der Waals surface area (Å²) in [5.41, 5.74) is 3.43. The fourth-order valence-corrected chi connectivity index (χ4v) is 3.70. The summed E-state index contributed by atoms with van der Waals surface area (Å²) in [6.45, 7) is 0. The first-order chi connectivity index (χ1) is 9.73. The van der Waals surface area contributed by atoms with Crippen LogP contribution in [0, 0.1) is 11.3 Å². The molecule has 0 aromatic heterocycles. The number of hydrogen-bond donors (Lipinski definition) is 0. The van der Waals surface area contributed by atoms with Crippen molar-refractivity contribution in [1.29, 1.82) is 5.26 Å². The second-order valence-corrected chi connectivity index (χ2v) is 6.43. The molecule has 0 aliphatic heterocycles. The fourth-order valence-electron chi connectivity index (χ4n) is 3.26.